The molecular formula is C16H16N2O3. The molecule has 5 heteroatoms. The molecular weight excluding hydrogens is 268 g/mol. The van der Waals surface area contributed by atoms with E-state index in [-0.39, 0.29) is 12.5 Å². The summed E-state index contributed by atoms with van der Waals surface area (Å²) in [5.41, 5.74) is 1.52. The summed E-state index contributed by atoms with van der Waals surface area (Å²) in [4.78, 5) is 27.0. The van der Waals surface area contributed by atoms with E-state index in [0.717, 1.165) is 12.0 Å². The number of nitrogens with zero attached hydrogens (tertiary/aromatic N) is 1. The lowest BCUT2D eigenvalue weighted by molar-refractivity contribution is -0.124. The standard InChI is InChI=1S/C16H16N2O3/c19-15(18-11-6-13-4-2-1-3-5-13)12-21-16(20)14-7-9-17-10-8-14/h1-5,7-10H,6,11-12H2,(H,18,19). The number of ether oxygens (including phenoxy) is 1. The molecule has 2 aromatic rings. The number of pyridine rings is 1. The van der Waals surface area contributed by atoms with E-state index in [2.05, 4.69) is 10.3 Å². The van der Waals surface area contributed by atoms with Crippen LogP contribution in [0.25, 0.3) is 0 Å². The number of hydrogen-bond acceptors (Lipinski definition) is 4. The Bertz CT molecular complexity index is 585. The number of aromatic nitrogens is 1. The minimum atomic E-state index is -0.532. The highest BCUT2D eigenvalue weighted by molar-refractivity contribution is 5.91. The summed E-state index contributed by atoms with van der Waals surface area (Å²) < 4.78 is 4.91. The summed E-state index contributed by atoms with van der Waals surface area (Å²) in [6.07, 6.45) is 3.73. The van der Waals surface area contributed by atoms with E-state index in [9.17, 15) is 9.59 Å². The van der Waals surface area contributed by atoms with Gasteiger partial charge in [-0.25, -0.2) is 4.79 Å². The average molecular weight is 284 g/mol. The van der Waals surface area contributed by atoms with Crippen molar-refractivity contribution in [2.24, 2.45) is 0 Å². The third kappa shape index (κ3) is 5.06. The Morgan fingerprint density at radius 1 is 1.05 bits per heavy atom. The second-order valence-electron chi connectivity index (χ2n) is 4.40. The van der Waals surface area contributed by atoms with E-state index in [1.165, 1.54) is 24.5 Å². The second-order valence-corrected chi connectivity index (χ2v) is 4.40. The summed E-state index contributed by atoms with van der Waals surface area (Å²) >= 11 is 0. The van der Waals surface area contributed by atoms with Gasteiger partial charge >= 0.3 is 5.97 Å². The maximum atomic E-state index is 11.6. The Morgan fingerprint density at radius 2 is 1.76 bits per heavy atom. The summed E-state index contributed by atoms with van der Waals surface area (Å²) in [6, 6.07) is 12.9. The van der Waals surface area contributed by atoms with Gasteiger partial charge in [0.05, 0.1) is 5.56 Å². The number of carbonyl (C=O) groups excluding carboxylic acids is 2. The minimum Gasteiger partial charge on any atom is -0.452 e. The minimum absolute atomic E-state index is 0.282. The molecule has 0 atom stereocenters. The molecule has 0 aliphatic heterocycles. The Morgan fingerprint density at radius 3 is 2.48 bits per heavy atom. The first-order valence-electron chi connectivity index (χ1n) is 6.63. The molecule has 21 heavy (non-hydrogen) atoms. The van der Waals surface area contributed by atoms with Crippen molar-refractivity contribution in [3.05, 3.63) is 66.0 Å². The van der Waals surface area contributed by atoms with Crippen molar-refractivity contribution in [1.29, 1.82) is 0 Å². The van der Waals surface area contributed by atoms with E-state index < -0.39 is 5.97 Å². The highest BCUT2D eigenvalue weighted by Gasteiger charge is 2.09. The molecule has 5 nitrogen and oxygen atoms in total. The second kappa shape index (κ2) is 7.79. The molecule has 0 saturated carbocycles. The van der Waals surface area contributed by atoms with Gasteiger partial charge in [-0.15, -0.1) is 0 Å². The van der Waals surface area contributed by atoms with E-state index in [1.54, 1.807) is 0 Å². The van der Waals surface area contributed by atoms with Crippen LogP contribution in [0.5, 0.6) is 0 Å². The fourth-order valence-electron chi connectivity index (χ4n) is 1.74. The molecule has 0 aliphatic rings. The molecule has 1 amide bonds. The van der Waals surface area contributed by atoms with E-state index in [0.29, 0.717) is 12.1 Å². The van der Waals surface area contributed by atoms with Gasteiger partial charge < -0.3 is 10.1 Å². The molecule has 0 spiro atoms. The number of hydrogen-bond donors (Lipinski definition) is 1. The molecule has 0 unspecified atom stereocenters. The number of carbonyl (C=O) groups is 2. The number of nitrogens with one attached hydrogen (secondary N) is 1. The van der Waals surface area contributed by atoms with Gasteiger partial charge in [0, 0.05) is 18.9 Å². The number of amides is 1. The first kappa shape index (κ1) is 14.7. The van der Waals surface area contributed by atoms with Crippen LogP contribution < -0.4 is 5.32 Å². The summed E-state index contributed by atoms with van der Waals surface area (Å²) in [5.74, 6) is -0.844. The van der Waals surface area contributed by atoms with Gasteiger partial charge in [0.15, 0.2) is 6.61 Å². The van der Waals surface area contributed by atoms with Crippen molar-refractivity contribution in [3.63, 3.8) is 0 Å². The van der Waals surface area contributed by atoms with Gasteiger partial charge in [-0.3, -0.25) is 9.78 Å². The molecule has 0 fully saturated rings. The van der Waals surface area contributed by atoms with Crippen molar-refractivity contribution in [3.8, 4) is 0 Å². The van der Waals surface area contributed by atoms with Crippen LogP contribution in [0.15, 0.2) is 54.9 Å². The van der Waals surface area contributed by atoms with Gasteiger partial charge in [-0.1, -0.05) is 30.3 Å². The number of benzene rings is 1. The van der Waals surface area contributed by atoms with Gasteiger partial charge in [0.1, 0.15) is 0 Å². The van der Waals surface area contributed by atoms with Crippen LogP contribution in [-0.2, 0) is 16.0 Å². The van der Waals surface area contributed by atoms with Crippen LogP contribution in [0, 0.1) is 0 Å². The average Bonchev–Trinajstić information content (AvgIpc) is 2.54. The zero-order valence-electron chi connectivity index (χ0n) is 11.5. The lowest BCUT2D eigenvalue weighted by atomic mass is 10.1. The molecule has 0 aliphatic carbocycles. The predicted octanol–water partition coefficient (Wildman–Crippen LogP) is 1.60. The molecule has 1 heterocycles. The SMILES string of the molecule is O=C(COC(=O)c1ccncc1)NCCc1ccccc1. The first-order valence-corrected chi connectivity index (χ1v) is 6.63. The topological polar surface area (TPSA) is 68.3 Å². The molecule has 0 radical (unpaired) electrons. The Kier molecular flexibility index (Phi) is 5.46. The molecule has 1 N–H and O–H groups in total. The zero-order valence-corrected chi connectivity index (χ0v) is 11.5. The van der Waals surface area contributed by atoms with Crippen LogP contribution in [0.2, 0.25) is 0 Å². The highest BCUT2D eigenvalue weighted by atomic mass is 16.5. The Hall–Kier alpha value is -2.69. The molecule has 0 bridgehead atoms. The van der Waals surface area contributed by atoms with Crippen molar-refractivity contribution < 1.29 is 14.3 Å². The smallest absolute Gasteiger partial charge is 0.338 e. The Balaban J connectivity index is 1.67. The molecule has 0 saturated heterocycles. The fourth-order valence-corrected chi connectivity index (χ4v) is 1.74. The van der Waals surface area contributed by atoms with Crippen LogP contribution in [-0.4, -0.2) is 30.0 Å². The number of esters is 1. The normalized spacial score (nSPS) is 9.90. The van der Waals surface area contributed by atoms with Gasteiger partial charge in [0.2, 0.25) is 0 Å². The molecule has 2 rings (SSSR count). The van der Waals surface area contributed by atoms with E-state index in [1.807, 2.05) is 30.3 Å². The third-order valence-electron chi connectivity index (χ3n) is 2.83. The van der Waals surface area contributed by atoms with Crippen LogP contribution in [0.3, 0.4) is 0 Å². The van der Waals surface area contributed by atoms with E-state index in [4.69, 9.17) is 4.74 Å². The van der Waals surface area contributed by atoms with Crippen molar-refractivity contribution >= 4 is 11.9 Å². The summed E-state index contributed by atoms with van der Waals surface area (Å²) in [7, 11) is 0. The summed E-state index contributed by atoms with van der Waals surface area (Å²) in [5, 5.41) is 2.71. The largest absolute Gasteiger partial charge is 0.452 e. The van der Waals surface area contributed by atoms with Crippen molar-refractivity contribution in [1.82, 2.24) is 10.3 Å². The maximum absolute atomic E-state index is 11.6. The van der Waals surface area contributed by atoms with Gasteiger partial charge in [-0.2, -0.15) is 0 Å². The quantitative estimate of drug-likeness (QED) is 0.818. The maximum Gasteiger partial charge on any atom is 0.338 e. The monoisotopic (exact) mass is 284 g/mol. The number of rotatable bonds is 6. The van der Waals surface area contributed by atoms with E-state index >= 15 is 0 Å². The van der Waals surface area contributed by atoms with Gasteiger partial charge in [0.25, 0.3) is 5.91 Å². The zero-order chi connectivity index (χ0) is 14.9. The van der Waals surface area contributed by atoms with Gasteiger partial charge in [-0.05, 0) is 24.1 Å². The van der Waals surface area contributed by atoms with Crippen LogP contribution in [0.1, 0.15) is 15.9 Å². The first-order chi connectivity index (χ1) is 10.3. The lowest BCUT2D eigenvalue weighted by Crippen LogP contribution is -2.30. The highest BCUT2D eigenvalue weighted by Crippen LogP contribution is 2.00. The van der Waals surface area contributed by atoms with Crippen molar-refractivity contribution in [2.75, 3.05) is 13.2 Å². The van der Waals surface area contributed by atoms with Crippen LogP contribution >= 0.6 is 0 Å². The Labute approximate surface area is 123 Å². The lowest BCUT2D eigenvalue weighted by Gasteiger charge is -2.06. The molecule has 108 valence electrons. The molecule has 1 aromatic carbocycles. The fraction of sp³-hybridized carbons (Fsp3) is 0.188. The third-order valence-corrected chi connectivity index (χ3v) is 2.83. The van der Waals surface area contributed by atoms with Crippen LogP contribution in [0.4, 0.5) is 0 Å². The molecule has 1 aromatic heterocycles. The van der Waals surface area contributed by atoms with Crippen molar-refractivity contribution in [2.45, 2.75) is 6.42 Å². The predicted molar refractivity (Wildman–Crippen MR) is 77.7 cm³/mol. The summed E-state index contributed by atoms with van der Waals surface area (Å²) in [6.45, 7) is 0.228.